The predicted molar refractivity (Wildman–Crippen MR) is 128 cm³/mol. The van der Waals surface area contributed by atoms with Gasteiger partial charge in [0.15, 0.2) is 5.69 Å². The van der Waals surface area contributed by atoms with Gasteiger partial charge >= 0.3 is 12.2 Å². The standard InChI is InChI=1S/C26H26N4O6/c1-15-29-30-23(34-15)22-14-33-25(28-22)36-20-10-6-17(7-11-20)26(2,3)16-4-8-19(9-5-16)35-21-12-18(13-21)27-24(31)32/h4-11,14,18,21,27H,12-13H2,1-3H3,(H,31,32)/t18-,21-. The number of nitrogens with one attached hydrogen (secondary N) is 1. The summed E-state index contributed by atoms with van der Waals surface area (Å²) in [5.74, 6) is 2.08. The Balaban J connectivity index is 1.20. The molecule has 1 aliphatic rings. The fraction of sp³-hybridized carbons (Fsp3) is 0.308. The van der Waals surface area contributed by atoms with Crippen LogP contribution in [0, 0.1) is 6.92 Å². The van der Waals surface area contributed by atoms with Crippen molar-refractivity contribution in [2.45, 2.75) is 51.2 Å². The molecule has 5 rings (SSSR count). The van der Waals surface area contributed by atoms with E-state index in [9.17, 15) is 4.79 Å². The molecule has 1 aliphatic carbocycles. The highest BCUT2D eigenvalue weighted by Crippen LogP contribution is 2.35. The second kappa shape index (κ2) is 9.37. The Morgan fingerprint density at radius 3 is 2.25 bits per heavy atom. The fourth-order valence-electron chi connectivity index (χ4n) is 4.11. The molecule has 10 nitrogen and oxygen atoms in total. The summed E-state index contributed by atoms with van der Waals surface area (Å²) in [6, 6.07) is 15.7. The molecule has 2 aromatic carbocycles. The maximum absolute atomic E-state index is 10.7. The van der Waals surface area contributed by atoms with Gasteiger partial charge in [0.25, 0.3) is 5.89 Å². The molecule has 0 saturated heterocycles. The summed E-state index contributed by atoms with van der Waals surface area (Å²) in [7, 11) is 0. The number of carbonyl (C=O) groups is 1. The Morgan fingerprint density at radius 2 is 1.67 bits per heavy atom. The Bertz CT molecular complexity index is 1340. The summed E-state index contributed by atoms with van der Waals surface area (Å²) in [6.07, 6.45) is 1.89. The minimum atomic E-state index is -0.994. The van der Waals surface area contributed by atoms with E-state index in [-0.39, 0.29) is 29.5 Å². The lowest BCUT2D eigenvalue weighted by Crippen LogP contribution is -2.48. The molecule has 1 amide bonds. The van der Waals surface area contributed by atoms with E-state index >= 15 is 0 Å². The summed E-state index contributed by atoms with van der Waals surface area (Å²) in [4.78, 5) is 14.9. The quantitative estimate of drug-likeness (QED) is 0.336. The smallest absolute Gasteiger partial charge is 0.404 e. The van der Waals surface area contributed by atoms with Crippen LogP contribution in [0.3, 0.4) is 0 Å². The van der Waals surface area contributed by atoms with Crippen LogP contribution in [0.15, 0.2) is 63.6 Å². The zero-order valence-corrected chi connectivity index (χ0v) is 20.1. The number of carboxylic acid groups (broad SMARTS) is 1. The molecular weight excluding hydrogens is 464 g/mol. The summed E-state index contributed by atoms with van der Waals surface area (Å²) in [5.41, 5.74) is 2.40. The highest BCUT2D eigenvalue weighted by atomic mass is 16.6. The predicted octanol–water partition coefficient (Wildman–Crippen LogP) is 5.33. The first-order valence-electron chi connectivity index (χ1n) is 11.6. The molecule has 2 heterocycles. The molecule has 4 aromatic rings. The maximum Gasteiger partial charge on any atom is 0.404 e. The third kappa shape index (κ3) is 5.02. The van der Waals surface area contributed by atoms with Gasteiger partial charge in [-0.2, -0.15) is 4.98 Å². The summed E-state index contributed by atoms with van der Waals surface area (Å²) in [6.45, 7) is 6.01. The average Bonchev–Trinajstić information content (AvgIpc) is 3.47. The molecule has 0 spiro atoms. The Labute approximate surface area is 207 Å². The number of aromatic nitrogens is 3. The topological polar surface area (TPSA) is 133 Å². The van der Waals surface area contributed by atoms with Crippen molar-refractivity contribution in [3.8, 4) is 29.2 Å². The second-order valence-corrected chi connectivity index (χ2v) is 9.26. The van der Waals surface area contributed by atoms with Gasteiger partial charge in [-0.05, 0) is 35.4 Å². The van der Waals surface area contributed by atoms with Gasteiger partial charge in [-0.25, -0.2) is 4.79 Å². The number of nitrogens with zero attached hydrogens (tertiary/aromatic N) is 3. The van der Waals surface area contributed by atoms with E-state index in [0.29, 0.717) is 30.2 Å². The van der Waals surface area contributed by atoms with Crippen molar-refractivity contribution in [1.82, 2.24) is 20.5 Å². The van der Waals surface area contributed by atoms with Crippen LogP contribution in [0.5, 0.6) is 17.6 Å². The van der Waals surface area contributed by atoms with Crippen molar-refractivity contribution in [3.05, 3.63) is 71.8 Å². The summed E-state index contributed by atoms with van der Waals surface area (Å²) in [5, 5.41) is 19.0. The molecule has 0 bridgehead atoms. The van der Waals surface area contributed by atoms with E-state index in [4.69, 9.17) is 23.4 Å². The SMILES string of the molecule is Cc1nnc(-c2coc(Oc3ccc(C(C)(C)c4ccc(O[C@H]5C[C@H](NC(=O)O)C5)cc4)cc3)n2)o1. The summed E-state index contributed by atoms with van der Waals surface area (Å²) < 4.78 is 22.4. The van der Waals surface area contributed by atoms with Crippen LogP contribution < -0.4 is 14.8 Å². The molecule has 0 unspecified atom stereocenters. The van der Waals surface area contributed by atoms with Gasteiger partial charge in [-0.1, -0.05) is 38.1 Å². The molecular formula is C26H26N4O6. The zero-order chi connectivity index (χ0) is 25.3. The van der Waals surface area contributed by atoms with E-state index in [1.807, 2.05) is 36.4 Å². The number of ether oxygens (including phenoxy) is 2. The van der Waals surface area contributed by atoms with Crippen molar-refractivity contribution in [1.29, 1.82) is 0 Å². The van der Waals surface area contributed by atoms with Crippen LogP contribution in [0.1, 0.15) is 43.7 Å². The largest absolute Gasteiger partial charge is 0.490 e. The van der Waals surface area contributed by atoms with Crippen LogP contribution in [0.2, 0.25) is 0 Å². The third-order valence-corrected chi connectivity index (χ3v) is 6.31. The molecule has 36 heavy (non-hydrogen) atoms. The van der Waals surface area contributed by atoms with E-state index in [2.05, 4.69) is 46.5 Å². The highest BCUT2D eigenvalue weighted by Gasteiger charge is 2.32. The number of aryl methyl sites for hydroxylation is 1. The zero-order valence-electron chi connectivity index (χ0n) is 20.1. The minimum absolute atomic E-state index is 0.0298. The molecule has 2 aromatic heterocycles. The van der Waals surface area contributed by atoms with E-state index in [0.717, 1.165) is 16.9 Å². The number of hydrogen-bond donors (Lipinski definition) is 2. The van der Waals surface area contributed by atoms with Gasteiger partial charge in [0, 0.05) is 31.2 Å². The van der Waals surface area contributed by atoms with Gasteiger partial charge in [0.1, 0.15) is 23.9 Å². The van der Waals surface area contributed by atoms with Crippen LogP contribution in [0.4, 0.5) is 4.79 Å². The van der Waals surface area contributed by atoms with Gasteiger partial charge in [0.2, 0.25) is 5.89 Å². The number of amides is 1. The molecule has 2 N–H and O–H groups in total. The van der Waals surface area contributed by atoms with Crippen LogP contribution in [0.25, 0.3) is 11.6 Å². The number of hydrogen-bond acceptors (Lipinski definition) is 8. The van der Waals surface area contributed by atoms with Crippen LogP contribution in [-0.2, 0) is 5.41 Å². The van der Waals surface area contributed by atoms with Crippen molar-refractivity contribution >= 4 is 6.09 Å². The van der Waals surface area contributed by atoms with Crippen molar-refractivity contribution in [3.63, 3.8) is 0 Å². The molecule has 0 radical (unpaired) electrons. The number of oxazole rings is 1. The van der Waals surface area contributed by atoms with Crippen LogP contribution in [-0.4, -0.2) is 38.5 Å². The monoisotopic (exact) mass is 490 g/mol. The molecule has 186 valence electrons. The second-order valence-electron chi connectivity index (χ2n) is 9.26. The van der Waals surface area contributed by atoms with Crippen molar-refractivity contribution < 1.29 is 28.2 Å². The van der Waals surface area contributed by atoms with Gasteiger partial charge in [-0.3, -0.25) is 0 Å². The Kier molecular flexibility index (Phi) is 6.09. The number of rotatable bonds is 8. The average molecular weight is 491 g/mol. The first-order chi connectivity index (χ1) is 17.3. The van der Waals surface area contributed by atoms with E-state index in [1.165, 1.54) is 6.26 Å². The Morgan fingerprint density at radius 1 is 1.03 bits per heavy atom. The first-order valence-corrected chi connectivity index (χ1v) is 11.6. The lowest BCUT2D eigenvalue weighted by atomic mass is 9.78. The van der Waals surface area contributed by atoms with Crippen molar-refractivity contribution in [2.75, 3.05) is 0 Å². The fourth-order valence-corrected chi connectivity index (χ4v) is 4.11. The van der Waals surface area contributed by atoms with Gasteiger partial charge < -0.3 is 28.7 Å². The lowest BCUT2D eigenvalue weighted by molar-refractivity contribution is 0.0833. The van der Waals surface area contributed by atoms with Gasteiger partial charge in [0.05, 0.1) is 0 Å². The van der Waals surface area contributed by atoms with Crippen LogP contribution >= 0.6 is 0 Å². The van der Waals surface area contributed by atoms with E-state index < -0.39 is 6.09 Å². The molecule has 1 fully saturated rings. The molecule has 10 heteroatoms. The lowest BCUT2D eigenvalue weighted by Gasteiger charge is -2.35. The highest BCUT2D eigenvalue weighted by molar-refractivity contribution is 5.65. The molecule has 0 aliphatic heterocycles. The van der Waals surface area contributed by atoms with Gasteiger partial charge in [-0.15, -0.1) is 10.2 Å². The maximum atomic E-state index is 10.7. The Hall–Kier alpha value is -4.34. The first kappa shape index (κ1) is 23.4. The summed E-state index contributed by atoms with van der Waals surface area (Å²) >= 11 is 0. The molecule has 1 saturated carbocycles. The minimum Gasteiger partial charge on any atom is -0.490 e. The molecule has 0 atom stereocenters. The van der Waals surface area contributed by atoms with Crippen molar-refractivity contribution in [2.24, 2.45) is 0 Å². The van der Waals surface area contributed by atoms with E-state index in [1.54, 1.807) is 6.92 Å². The number of benzene rings is 2. The third-order valence-electron chi connectivity index (χ3n) is 6.31. The normalized spacial score (nSPS) is 17.3.